The molecule has 0 atom stereocenters. The Hall–Kier alpha value is -1.23. The number of rotatable bonds is 2. The van der Waals surface area contributed by atoms with Gasteiger partial charge in [0, 0.05) is 12.3 Å². The summed E-state index contributed by atoms with van der Waals surface area (Å²) in [5.41, 5.74) is 0.545. The molecule has 0 aliphatic rings. The van der Waals surface area contributed by atoms with Crippen molar-refractivity contribution < 1.29 is 8.78 Å². The molecule has 0 radical (unpaired) electrons. The standard InChI is InChI=1S/C10H7BrF2N2/c11-8-4-14-15(6-8)5-7-1-9(12)3-10(13)2-7/h1-4,6H,5H2. The summed E-state index contributed by atoms with van der Waals surface area (Å²) in [5, 5.41) is 4.00. The number of nitrogens with zero attached hydrogens (tertiary/aromatic N) is 2. The molecule has 78 valence electrons. The molecule has 0 aliphatic carbocycles. The number of hydrogen-bond acceptors (Lipinski definition) is 1. The van der Waals surface area contributed by atoms with Gasteiger partial charge in [0.1, 0.15) is 11.6 Å². The molecule has 0 unspecified atom stereocenters. The normalized spacial score (nSPS) is 10.6. The molecule has 0 amide bonds. The first-order valence-electron chi connectivity index (χ1n) is 4.26. The third-order valence-electron chi connectivity index (χ3n) is 1.87. The molecular weight excluding hydrogens is 266 g/mol. The van der Waals surface area contributed by atoms with Gasteiger partial charge in [-0.05, 0) is 33.6 Å². The molecule has 2 aromatic rings. The molecule has 2 nitrogen and oxygen atoms in total. The van der Waals surface area contributed by atoms with Crippen LogP contribution in [0.15, 0.2) is 35.1 Å². The third-order valence-corrected chi connectivity index (χ3v) is 2.28. The van der Waals surface area contributed by atoms with Crippen LogP contribution in [0.2, 0.25) is 0 Å². The topological polar surface area (TPSA) is 17.8 Å². The molecule has 0 aliphatic heterocycles. The number of hydrogen-bond donors (Lipinski definition) is 0. The molecule has 5 heteroatoms. The van der Waals surface area contributed by atoms with E-state index in [0.29, 0.717) is 12.1 Å². The second-order valence-corrected chi connectivity index (χ2v) is 4.05. The second-order valence-electron chi connectivity index (χ2n) is 3.13. The first-order chi connectivity index (χ1) is 7.13. The summed E-state index contributed by atoms with van der Waals surface area (Å²) in [6.45, 7) is 0.347. The monoisotopic (exact) mass is 272 g/mol. The van der Waals surface area contributed by atoms with E-state index in [1.807, 2.05) is 0 Å². The largest absolute Gasteiger partial charge is 0.267 e. The lowest BCUT2D eigenvalue weighted by atomic mass is 10.2. The van der Waals surface area contributed by atoms with Gasteiger partial charge in [-0.2, -0.15) is 5.10 Å². The second kappa shape index (κ2) is 4.10. The van der Waals surface area contributed by atoms with E-state index in [0.717, 1.165) is 10.5 Å². The fourth-order valence-corrected chi connectivity index (χ4v) is 1.64. The van der Waals surface area contributed by atoms with Crippen molar-refractivity contribution in [2.75, 3.05) is 0 Å². The Labute approximate surface area is 93.7 Å². The number of benzene rings is 1. The molecule has 1 aromatic heterocycles. The summed E-state index contributed by atoms with van der Waals surface area (Å²) < 4.78 is 28.1. The van der Waals surface area contributed by atoms with Crippen molar-refractivity contribution in [2.45, 2.75) is 6.54 Å². The van der Waals surface area contributed by atoms with Crippen LogP contribution in [0.5, 0.6) is 0 Å². The van der Waals surface area contributed by atoms with Crippen molar-refractivity contribution in [3.63, 3.8) is 0 Å². The van der Waals surface area contributed by atoms with Crippen LogP contribution in [-0.2, 0) is 6.54 Å². The lowest BCUT2D eigenvalue weighted by molar-refractivity contribution is 0.574. The van der Waals surface area contributed by atoms with Crippen molar-refractivity contribution in [3.05, 3.63) is 52.3 Å². The van der Waals surface area contributed by atoms with Crippen LogP contribution in [0.1, 0.15) is 5.56 Å². The number of halogens is 3. The van der Waals surface area contributed by atoms with Gasteiger partial charge in [0.05, 0.1) is 17.2 Å². The Morgan fingerprint density at radius 3 is 2.40 bits per heavy atom. The highest BCUT2D eigenvalue weighted by atomic mass is 79.9. The highest BCUT2D eigenvalue weighted by molar-refractivity contribution is 9.10. The minimum Gasteiger partial charge on any atom is -0.267 e. The predicted molar refractivity (Wildman–Crippen MR) is 55.4 cm³/mol. The van der Waals surface area contributed by atoms with Crippen LogP contribution in [0.3, 0.4) is 0 Å². The Morgan fingerprint density at radius 2 is 1.87 bits per heavy atom. The maximum Gasteiger partial charge on any atom is 0.126 e. The first-order valence-corrected chi connectivity index (χ1v) is 5.06. The predicted octanol–water partition coefficient (Wildman–Crippen LogP) is 2.97. The molecule has 1 aromatic carbocycles. The van der Waals surface area contributed by atoms with E-state index in [1.165, 1.54) is 12.1 Å². The Kier molecular flexibility index (Phi) is 2.81. The first kappa shape index (κ1) is 10.3. The van der Waals surface area contributed by atoms with Crippen LogP contribution in [0.4, 0.5) is 8.78 Å². The van der Waals surface area contributed by atoms with E-state index in [2.05, 4.69) is 21.0 Å². The van der Waals surface area contributed by atoms with E-state index in [9.17, 15) is 8.78 Å². The van der Waals surface area contributed by atoms with Gasteiger partial charge in [-0.15, -0.1) is 0 Å². The Bertz CT molecular complexity index is 462. The summed E-state index contributed by atoms with van der Waals surface area (Å²) >= 11 is 3.24. The average molecular weight is 273 g/mol. The molecule has 0 saturated heterocycles. The van der Waals surface area contributed by atoms with Crippen molar-refractivity contribution in [3.8, 4) is 0 Å². The van der Waals surface area contributed by atoms with Crippen LogP contribution in [0, 0.1) is 11.6 Å². The summed E-state index contributed by atoms with van der Waals surface area (Å²) in [7, 11) is 0. The molecule has 2 rings (SSSR count). The van der Waals surface area contributed by atoms with Crippen LogP contribution in [-0.4, -0.2) is 9.78 Å². The highest BCUT2D eigenvalue weighted by Crippen LogP contribution is 2.11. The summed E-state index contributed by atoms with van der Waals surface area (Å²) in [5.74, 6) is -1.15. The zero-order valence-corrected chi connectivity index (χ0v) is 9.21. The van der Waals surface area contributed by atoms with Gasteiger partial charge in [-0.1, -0.05) is 0 Å². The zero-order chi connectivity index (χ0) is 10.8. The zero-order valence-electron chi connectivity index (χ0n) is 7.62. The Morgan fingerprint density at radius 1 is 1.20 bits per heavy atom. The SMILES string of the molecule is Fc1cc(F)cc(Cn2cc(Br)cn2)c1. The quantitative estimate of drug-likeness (QED) is 0.822. The summed E-state index contributed by atoms with van der Waals surface area (Å²) in [6.07, 6.45) is 3.36. The van der Waals surface area contributed by atoms with Crippen molar-refractivity contribution in [1.29, 1.82) is 0 Å². The van der Waals surface area contributed by atoms with E-state index in [1.54, 1.807) is 17.1 Å². The molecule has 0 fully saturated rings. The minimum absolute atomic E-state index is 0.347. The van der Waals surface area contributed by atoms with Gasteiger partial charge in [0.15, 0.2) is 0 Å². The van der Waals surface area contributed by atoms with Gasteiger partial charge in [-0.25, -0.2) is 8.78 Å². The maximum absolute atomic E-state index is 12.9. The lowest BCUT2D eigenvalue weighted by Crippen LogP contribution is -2.00. The van der Waals surface area contributed by atoms with Crippen molar-refractivity contribution >= 4 is 15.9 Å². The van der Waals surface area contributed by atoms with Gasteiger partial charge < -0.3 is 0 Å². The van der Waals surface area contributed by atoms with E-state index >= 15 is 0 Å². The lowest BCUT2D eigenvalue weighted by Gasteiger charge is -2.02. The van der Waals surface area contributed by atoms with Gasteiger partial charge in [-0.3, -0.25) is 4.68 Å². The highest BCUT2D eigenvalue weighted by Gasteiger charge is 2.02. The van der Waals surface area contributed by atoms with E-state index < -0.39 is 11.6 Å². The molecule has 0 N–H and O–H groups in total. The molecular formula is C10H7BrF2N2. The molecule has 0 saturated carbocycles. The van der Waals surface area contributed by atoms with E-state index in [-0.39, 0.29) is 0 Å². The van der Waals surface area contributed by atoms with Crippen LogP contribution in [0.25, 0.3) is 0 Å². The Balaban J connectivity index is 2.24. The van der Waals surface area contributed by atoms with Crippen molar-refractivity contribution in [1.82, 2.24) is 9.78 Å². The summed E-state index contributed by atoms with van der Waals surface area (Å²) in [6, 6.07) is 3.43. The van der Waals surface area contributed by atoms with Crippen LogP contribution >= 0.6 is 15.9 Å². The molecule has 1 heterocycles. The summed E-state index contributed by atoms with van der Waals surface area (Å²) in [4.78, 5) is 0. The maximum atomic E-state index is 12.9. The molecule has 0 bridgehead atoms. The molecule has 15 heavy (non-hydrogen) atoms. The average Bonchev–Trinajstić information content (AvgIpc) is 2.49. The van der Waals surface area contributed by atoms with Crippen LogP contribution < -0.4 is 0 Å². The number of aromatic nitrogens is 2. The minimum atomic E-state index is -0.573. The van der Waals surface area contributed by atoms with E-state index in [4.69, 9.17) is 0 Å². The third kappa shape index (κ3) is 2.62. The fraction of sp³-hybridized carbons (Fsp3) is 0.100. The fourth-order valence-electron chi connectivity index (χ4n) is 1.31. The molecule has 0 spiro atoms. The van der Waals surface area contributed by atoms with Gasteiger partial charge in [0.25, 0.3) is 0 Å². The smallest absolute Gasteiger partial charge is 0.126 e. The van der Waals surface area contributed by atoms with Crippen molar-refractivity contribution in [2.24, 2.45) is 0 Å². The van der Waals surface area contributed by atoms with Gasteiger partial charge >= 0.3 is 0 Å². The van der Waals surface area contributed by atoms with Gasteiger partial charge in [0.2, 0.25) is 0 Å².